The second-order valence-electron chi connectivity index (χ2n) is 7.23. The highest BCUT2D eigenvalue weighted by molar-refractivity contribution is 6.12. The van der Waals surface area contributed by atoms with Crippen LogP contribution in [-0.2, 0) is 4.74 Å². The Morgan fingerprint density at radius 1 is 0.966 bits per heavy atom. The van der Waals surface area contributed by atoms with E-state index >= 15 is 0 Å². The number of carbonyl (C=O) groups is 2. The Hall–Kier alpha value is -3.60. The predicted molar refractivity (Wildman–Crippen MR) is 113 cm³/mol. The number of ether oxygens (including phenoxy) is 1. The van der Waals surface area contributed by atoms with Gasteiger partial charge in [0.2, 0.25) is 0 Å². The Labute approximate surface area is 169 Å². The van der Waals surface area contributed by atoms with Crippen LogP contribution >= 0.6 is 0 Å². The molecule has 3 aromatic carbocycles. The molecule has 1 aliphatic rings. The number of hydrogen-bond acceptors (Lipinski definition) is 4. The van der Waals surface area contributed by atoms with Gasteiger partial charge in [0.1, 0.15) is 6.17 Å². The van der Waals surface area contributed by atoms with E-state index in [4.69, 9.17) is 4.74 Å². The molecule has 1 aliphatic heterocycles. The van der Waals surface area contributed by atoms with E-state index < -0.39 is 6.17 Å². The molecule has 0 unspecified atom stereocenters. The van der Waals surface area contributed by atoms with Crippen molar-refractivity contribution < 1.29 is 14.3 Å². The molecule has 0 fully saturated rings. The summed E-state index contributed by atoms with van der Waals surface area (Å²) in [5.41, 5.74) is 5.78. The average molecular weight is 386 g/mol. The molecule has 5 heteroatoms. The molecule has 0 saturated carbocycles. The lowest BCUT2D eigenvalue weighted by atomic mass is 10.0. The lowest BCUT2D eigenvalue weighted by molar-refractivity contribution is 0.0600. The third kappa shape index (κ3) is 3.47. The first kappa shape index (κ1) is 18.7. The summed E-state index contributed by atoms with van der Waals surface area (Å²) >= 11 is 0. The Kier molecular flexibility index (Phi) is 4.80. The maximum Gasteiger partial charge on any atom is 0.337 e. The molecule has 0 radical (unpaired) electrons. The molecular formula is C24H22N2O3. The molecule has 1 heterocycles. The van der Waals surface area contributed by atoms with Crippen molar-refractivity contribution in [1.82, 2.24) is 0 Å². The zero-order valence-electron chi connectivity index (χ0n) is 16.6. The van der Waals surface area contributed by atoms with Crippen molar-refractivity contribution in [2.24, 2.45) is 0 Å². The van der Waals surface area contributed by atoms with Gasteiger partial charge in [-0.25, -0.2) is 4.79 Å². The first-order valence-corrected chi connectivity index (χ1v) is 9.43. The van der Waals surface area contributed by atoms with Crippen LogP contribution in [0.3, 0.4) is 0 Å². The van der Waals surface area contributed by atoms with Crippen molar-refractivity contribution in [2.45, 2.75) is 20.0 Å². The minimum absolute atomic E-state index is 0.0635. The highest BCUT2D eigenvalue weighted by Crippen LogP contribution is 2.37. The first-order valence-electron chi connectivity index (χ1n) is 9.43. The molecular weight excluding hydrogens is 364 g/mol. The fourth-order valence-corrected chi connectivity index (χ4v) is 3.76. The van der Waals surface area contributed by atoms with Crippen LogP contribution in [0.4, 0.5) is 11.4 Å². The number of aryl methyl sites for hydroxylation is 2. The summed E-state index contributed by atoms with van der Waals surface area (Å²) in [7, 11) is 1.36. The molecule has 0 saturated heterocycles. The zero-order chi connectivity index (χ0) is 20.5. The highest BCUT2D eigenvalue weighted by Gasteiger charge is 2.34. The second-order valence-corrected chi connectivity index (χ2v) is 7.23. The van der Waals surface area contributed by atoms with Gasteiger partial charge in [-0.1, -0.05) is 30.3 Å². The van der Waals surface area contributed by atoms with E-state index in [2.05, 4.69) is 11.4 Å². The van der Waals surface area contributed by atoms with Gasteiger partial charge >= 0.3 is 5.97 Å². The minimum atomic E-state index is -0.398. The van der Waals surface area contributed by atoms with Crippen LogP contribution < -0.4 is 10.2 Å². The largest absolute Gasteiger partial charge is 0.465 e. The van der Waals surface area contributed by atoms with Crippen molar-refractivity contribution >= 4 is 23.3 Å². The number of esters is 1. The Bertz CT molecular complexity index is 1070. The normalized spacial score (nSPS) is 15.5. The molecule has 4 rings (SSSR count). The van der Waals surface area contributed by atoms with Gasteiger partial charge in [0.15, 0.2) is 0 Å². The summed E-state index contributed by atoms with van der Waals surface area (Å²) in [6.45, 7) is 4.04. The van der Waals surface area contributed by atoms with Crippen molar-refractivity contribution in [2.75, 3.05) is 17.3 Å². The van der Waals surface area contributed by atoms with Gasteiger partial charge in [-0.2, -0.15) is 0 Å². The smallest absolute Gasteiger partial charge is 0.337 e. The number of para-hydroxylation sites is 1. The molecule has 1 amide bonds. The molecule has 1 atom stereocenters. The highest BCUT2D eigenvalue weighted by atomic mass is 16.5. The number of nitrogens with one attached hydrogen (secondary N) is 1. The van der Waals surface area contributed by atoms with E-state index in [0.717, 1.165) is 28.1 Å². The fourth-order valence-electron chi connectivity index (χ4n) is 3.76. The first-order chi connectivity index (χ1) is 14.0. The Morgan fingerprint density at radius 2 is 1.62 bits per heavy atom. The Morgan fingerprint density at radius 3 is 2.28 bits per heavy atom. The van der Waals surface area contributed by atoms with E-state index in [1.54, 1.807) is 17.0 Å². The van der Waals surface area contributed by atoms with Crippen LogP contribution in [-0.4, -0.2) is 19.0 Å². The van der Waals surface area contributed by atoms with Crippen LogP contribution in [0.2, 0.25) is 0 Å². The van der Waals surface area contributed by atoms with E-state index in [9.17, 15) is 9.59 Å². The minimum Gasteiger partial charge on any atom is -0.465 e. The SMILES string of the molecule is COC(=O)c1ccc([C@H]2Nc3ccccc3C(=O)N2c2cc(C)cc(C)c2)cc1. The van der Waals surface area contributed by atoms with E-state index in [1.165, 1.54) is 7.11 Å². The molecule has 0 bridgehead atoms. The third-order valence-corrected chi connectivity index (χ3v) is 5.06. The zero-order valence-corrected chi connectivity index (χ0v) is 16.6. The summed E-state index contributed by atoms with van der Waals surface area (Å²) < 4.78 is 4.78. The van der Waals surface area contributed by atoms with Crippen LogP contribution in [0.25, 0.3) is 0 Å². The quantitative estimate of drug-likeness (QED) is 0.653. The number of fused-ring (bicyclic) bond motifs is 1. The van der Waals surface area contributed by atoms with Gasteiger partial charge < -0.3 is 10.1 Å². The monoisotopic (exact) mass is 386 g/mol. The number of anilines is 2. The maximum absolute atomic E-state index is 13.5. The number of rotatable bonds is 3. The van der Waals surface area contributed by atoms with Gasteiger partial charge in [-0.15, -0.1) is 0 Å². The number of benzene rings is 3. The van der Waals surface area contributed by atoms with E-state index in [1.807, 2.05) is 62.4 Å². The van der Waals surface area contributed by atoms with Crippen molar-refractivity contribution in [1.29, 1.82) is 0 Å². The number of nitrogens with zero attached hydrogens (tertiary/aromatic N) is 1. The number of methoxy groups -OCH3 is 1. The number of amides is 1. The summed E-state index contributed by atoms with van der Waals surface area (Å²) in [6.07, 6.45) is -0.398. The molecule has 0 spiro atoms. The van der Waals surface area contributed by atoms with Gasteiger partial charge in [0, 0.05) is 11.4 Å². The van der Waals surface area contributed by atoms with Crippen molar-refractivity contribution in [3.05, 3.63) is 94.5 Å². The lowest BCUT2D eigenvalue weighted by Crippen LogP contribution is -2.43. The standard InChI is InChI=1S/C24H22N2O3/c1-15-12-16(2)14-19(13-15)26-22(17-8-10-18(11-9-17)24(28)29-3)25-21-7-5-4-6-20(21)23(26)27/h4-14,22,25H,1-3H3/t22-/m0/s1. The molecule has 29 heavy (non-hydrogen) atoms. The number of hydrogen-bond donors (Lipinski definition) is 1. The molecule has 1 N–H and O–H groups in total. The number of carbonyl (C=O) groups excluding carboxylic acids is 2. The van der Waals surface area contributed by atoms with E-state index in [-0.39, 0.29) is 11.9 Å². The van der Waals surface area contributed by atoms with Crippen molar-refractivity contribution in [3.63, 3.8) is 0 Å². The Balaban J connectivity index is 1.82. The van der Waals surface area contributed by atoms with Crippen LogP contribution in [0, 0.1) is 13.8 Å². The van der Waals surface area contributed by atoms with E-state index in [0.29, 0.717) is 11.1 Å². The van der Waals surface area contributed by atoms with Crippen LogP contribution in [0.1, 0.15) is 43.6 Å². The predicted octanol–water partition coefficient (Wildman–Crippen LogP) is 4.86. The maximum atomic E-state index is 13.5. The average Bonchev–Trinajstić information content (AvgIpc) is 2.72. The summed E-state index contributed by atoms with van der Waals surface area (Å²) in [6, 6.07) is 20.7. The molecule has 3 aromatic rings. The summed E-state index contributed by atoms with van der Waals surface area (Å²) in [5, 5.41) is 3.48. The van der Waals surface area contributed by atoms with Gasteiger partial charge in [-0.3, -0.25) is 9.69 Å². The van der Waals surface area contributed by atoms with Gasteiger partial charge in [-0.05, 0) is 66.9 Å². The van der Waals surface area contributed by atoms with Crippen LogP contribution in [0.15, 0.2) is 66.7 Å². The molecule has 5 nitrogen and oxygen atoms in total. The van der Waals surface area contributed by atoms with Gasteiger partial charge in [0.05, 0.1) is 18.2 Å². The second kappa shape index (κ2) is 7.43. The third-order valence-electron chi connectivity index (χ3n) is 5.06. The fraction of sp³-hybridized carbons (Fsp3) is 0.167. The molecule has 0 aliphatic carbocycles. The lowest BCUT2D eigenvalue weighted by Gasteiger charge is -2.38. The summed E-state index contributed by atoms with van der Waals surface area (Å²) in [5.74, 6) is -0.452. The van der Waals surface area contributed by atoms with Crippen LogP contribution in [0.5, 0.6) is 0 Å². The van der Waals surface area contributed by atoms with Gasteiger partial charge in [0.25, 0.3) is 5.91 Å². The molecule has 0 aromatic heterocycles. The van der Waals surface area contributed by atoms with Crippen molar-refractivity contribution in [3.8, 4) is 0 Å². The topological polar surface area (TPSA) is 58.6 Å². The summed E-state index contributed by atoms with van der Waals surface area (Å²) in [4.78, 5) is 27.0. The molecule has 146 valence electrons.